The lowest BCUT2D eigenvalue weighted by atomic mass is 10.3. The smallest absolute Gasteiger partial charge is 0.319 e. The van der Waals surface area contributed by atoms with Crippen LogP contribution in [0.1, 0.15) is 5.56 Å². The number of nitrogens with one attached hydrogen (secondary N) is 2. The van der Waals surface area contributed by atoms with Crippen molar-refractivity contribution in [3.63, 3.8) is 0 Å². The maximum absolute atomic E-state index is 12.1. The van der Waals surface area contributed by atoms with E-state index in [9.17, 15) is 9.59 Å². The van der Waals surface area contributed by atoms with Gasteiger partial charge in [-0.05, 0) is 23.8 Å². The number of hydrogen-bond donors (Lipinski definition) is 2. The number of rotatable bonds is 7. The van der Waals surface area contributed by atoms with E-state index in [-0.39, 0.29) is 18.5 Å². The van der Waals surface area contributed by atoms with Gasteiger partial charge in [0.25, 0.3) is 5.91 Å². The van der Waals surface area contributed by atoms with Crippen LogP contribution in [-0.4, -0.2) is 52.1 Å². The third-order valence-corrected chi connectivity index (χ3v) is 3.98. The van der Waals surface area contributed by atoms with Crippen molar-refractivity contribution >= 4 is 17.6 Å². The van der Waals surface area contributed by atoms with E-state index in [1.54, 1.807) is 61.6 Å². The van der Waals surface area contributed by atoms with Crippen LogP contribution in [0.3, 0.4) is 0 Å². The van der Waals surface area contributed by atoms with Crippen LogP contribution in [0, 0.1) is 0 Å². The third-order valence-electron chi connectivity index (χ3n) is 3.98. The summed E-state index contributed by atoms with van der Waals surface area (Å²) in [5.41, 5.74) is 1.43. The molecular weight excluding hydrogens is 372 g/mol. The van der Waals surface area contributed by atoms with Crippen LogP contribution in [0.25, 0.3) is 5.82 Å². The Kier molecular flexibility index (Phi) is 6.41. The first-order valence-corrected chi connectivity index (χ1v) is 8.92. The van der Waals surface area contributed by atoms with Gasteiger partial charge in [-0.25, -0.2) is 14.8 Å². The first-order chi connectivity index (χ1) is 14.0. The van der Waals surface area contributed by atoms with Crippen molar-refractivity contribution in [2.75, 3.05) is 26.0 Å². The zero-order chi connectivity index (χ0) is 20.6. The second-order valence-corrected chi connectivity index (χ2v) is 6.41. The number of anilines is 1. The molecule has 9 heteroatoms. The van der Waals surface area contributed by atoms with E-state index < -0.39 is 0 Å². The normalized spacial score (nSPS) is 10.3. The van der Waals surface area contributed by atoms with Crippen molar-refractivity contribution in [3.8, 4) is 11.6 Å². The van der Waals surface area contributed by atoms with E-state index in [0.29, 0.717) is 18.0 Å². The summed E-state index contributed by atoms with van der Waals surface area (Å²) in [6.45, 7) is 0.265. The second kappa shape index (κ2) is 9.36. The Labute approximate surface area is 168 Å². The number of urea groups is 1. The molecule has 1 aromatic carbocycles. The van der Waals surface area contributed by atoms with Gasteiger partial charge in [-0.3, -0.25) is 9.36 Å². The number of carbonyl (C=O) groups is 2. The molecule has 0 fully saturated rings. The minimum atomic E-state index is -0.356. The highest BCUT2D eigenvalue weighted by Crippen LogP contribution is 2.17. The molecule has 9 nitrogen and oxygen atoms in total. The Hall–Kier alpha value is -3.88. The highest BCUT2D eigenvalue weighted by atomic mass is 16.5. The predicted octanol–water partition coefficient (Wildman–Crippen LogP) is 2.06. The summed E-state index contributed by atoms with van der Waals surface area (Å²) < 4.78 is 7.24. The van der Waals surface area contributed by atoms with Crippen molar-refractivity contribution in [3.05, 3.63) is 66.9 Å². The fraction of sp³-hybridized carbons (Fsp3) is 0.200. The highest BCUT2D eigenvalue weighted by molar-refractivity contribution is 5.89. The summed E-state index contributed by atoms with van der Waals surface area (Å²) in [7, 11) is 3.32. The maximum atomic E-state index is 12.1. The molecule has 0 radical (unpaired) electrons. The lowest BCUT2D eigenvalue weighted by molar-refractivity contribution is -0.130. The number of benzene rings is 1. The van der Waals surface area contributed by atoms with Crippen molar-refractivity contribution in [2.24, 2.45) is 0 Å². The maximum Gasteiger partial charge on any atom is 0.319 e. The Bertz CT molecular complexity index is 955. The zero-order valence-electron chi connectivity index (χ0n) is 16.2. The molecule has 29 heavy (non-hydrogen) atoms. The van der Waals surface area contributed by atoms with Gasteiger partial charge >= 0.3 is 6.03 Å². The third kappa shape index (κ3) is 5.80. The second-order valence-electron chi connectivity index (χ2n) is 6.41. The molecule has 3 rings (SSSR count). The molecule has 2 heterocycles. The van der Waals surface area contributed by atoms with Crippen LogP contribution < -0.4 is 15.4 Å². The molecule has 0 aliphatic rings. The molecule has 0 aliphatic carbocycles. The Morgan fingerprint density at radius 1 is 1.21 bits per heavy atom. The Balaban J connectivity index is 1.49. The molecule has 2 N–H and O–H groups in total. The average molecular weight is 394 g/mol. The molecule has 2 aromatic heterocycles. The van der Waals surface area contributed by atoms with E-state index in [0.717, 1.165) is 11.4 Å². The minimum Gasteiger partial charge on any atom is -0.484 e. The number of imidazole rings is 1. The molecule has 0 unspecified atom stereocenters. The monoisotopic (exact) mass is 394 g/mol. The molecule has 3 aromatic rings. The van der Waals surface area contributed by atoms with E-state index in [1.165, 1.54) is 4.90 Å². The first-order valence-electron chi connectivity index (χ1n) is 8.92. The summed E-state index contributed by atoms with van der Waals surface area (Å²) in [6.07, 6.45) is 6.86. The van der Waals surface area contributed by atoms with Gasteiger partial charge in [-0.15, -0.1) is 0 Å². The van der Waals surface area contributed by atoms with Crippen LogP contribution in [-0.2, 0) is 11.3 Å². The quantitative estimate of drug-likeness (QED) is 0.639. The van der Waals surface area contributed by atoms with Crippen LogP contribution in [0.2, 0.25) is 0 Å². The number of pyridine rings is 1. The van der Waals surface area contributed by atoms with E-state index >= 15 is 0 Å². The molecule has 0 saturated carbocycles. The predicted molar refractivity (Wildman–Crippen MR) is 108 cm³/mol. The molecule has 0 saturated heterocycles. The number of ether oxygens (including phenoxy) is 1. The number of aromatic nitrogens is 3. The van der Waals surface area contributed by atoms with Gasteiger partial charge in [0.15, 0.2) is 6.61 Å². The molecule has 3 amide bonds. The van der Waals surface area contributed by atoms with Gasteiger partial charge in [0, 0.05) is 51.0 Å². The topological polar surface area (TPSA) is 101 Å². The molecule has 150 valence electrons. The van der Waals surface area contributed by atoms with Crippen LogP contribution in [0.15, 0.2) is 61.3 Å². The molecule has 0 spiro atoms. The summed E-state index contributed by atoms with van der Waals surface area (Å²) in [4.78, 5) is 33.5. The number of amides is 3. The molecule has 0 aliphatic heterocycles. The van der Waals surface area contributed by atoms with E-state index in [1.807, 2.05) is 18.3 Å². The van der Waals surface area contributed by atoms with E-state index in [2.05, 4.69) is 20.6 Å². The lowest BCUT2D eigenvalue weighted by Gasteiger charge is -2.12. The average Bonchev–Trinajstić information content (AvgIpc) is 3.26. The van der Waals surface area contributed by atoms with Crippen molar-refractivity contribution in [2.45, 2.75) is 6.54 Å². The van der Waals surface area contributed by atoms with Gasteiger partial charge in [0.2, 0.25) is 0 Å². The summed E-state index contributed by atoms with van der Waals surface area (Å²) in [6, 6.07) is 10.2. The van der Waals surface area contributed by atoms with Gasteiger partial charge in [-0.1, -0.05) is 12.1 Å². The summed E-state index contributed by atoms with van der Waals surface area (Å²) >= 11 is 0. The van der Waals surface area contributed by atoms with Crippen LogP contribution in [0.5, 0.6) is 5.75 Å². The van der Waals surface area contributed by atoms with Crippen molar-refractivity contribution in [1.82, 2.24) is 24.8 Å². The lowest BCUT2D eigenvalue weighted by Crippen LogP contribution is -2.28. The van der Waals surface area contributed by atoms with Gasteiger partial charge in [0.1, 0.15) is 17.9 Å². The molecular formula is C20H22N6O3. The fourth-order valence-corrected chi connectivity index (χ4v) is 2.36. The molecule has 0 bridgehead atoms. The van der Waals surface area contributed by atoms with Gasteiger partial charge in [-0.2, -0.15) is 0 Å². The zero-order valence-corrected chi connectivity index (χ0v) is 16.2. The van der Waals surface area contributed by atoms with Crippen molar-refractivity contribution < 1.29 is 14.3 Å². The summed E-state index contributed by atoms with van der Waals surface area (Å²) in [5.74, 6) is 1.10. The van der Waals surface area contributed by atoms with Crippen molar-refractivity contribution in [1.29, 1.82) is 0 Å². The Morgan fingerprint density at radius 3 is 2.76 bits per heavy atom. The van der Waals surface area contributed by atoms with Gasteiger partial charge < -0.3 is 20.3 Å². The number of hydrogen-bond acceptors (Lipinski definition) is 5. The van der Waals surface area contributed by atoms with Gasteiger partial charge in [0.05, 0.1) is 0 Å². The number of carbonyl (C=O) groups excluding carboxylic acids is 2. The SMILES string of the molecule is CN(C)C(=O)COc1cccc(NC(=O)NCc2ccc(-n3ccnc3)nc2)c1. The van der Waals surface area contributed by atoms with Crippen LogP contribution in [0.4, 0.5) is 10.5 Å². The minimum absolute atomic E-state index is 0.0648. The number of nitrogens with zero attached hydrogens (tertiary/aromatic N) is 4. The Morgan fingerprint density at radius 2 is 2.07 bits per heavy atom. The fourth-order valence-electron chi connectivity index (χ4n) is 2.36. The standard InChI is InChI=1S/C20H22N6O3/c1-25(2)19(27)13-29-17-5-3-4-16(10-17)24-20(28)23-12-15-6-7-18(22-11-15)26-9-8-21-14-26/h3-11,14H,12-13H2,1-2H3,(H2,23,24,28). The first kappa shape index (κ1) is 19.9. The summed E-state index contributed by atoms with van der Waals surface area (Å²) in [5, 5.41) is 5.51. The van der Waals surface area contributed by atoms with E-state index in [4.69, 9.17) is 4.74 Å². The van der Waals surface area contributed by atoms with Crippen LogP contribution >= 0.6 is 0 Å². The largest absolute Gasteiger partial charge is 0.484 e. The number of likely N-dealkylation sites (N-methyl/N-ethyl adjacent to an activating group) is 1. The molecule has 0 atom stereocenters. The highest BCUT2D eigenvalue weighted by Gasteiger charge is 2.07.